The minimum atomic E-state index is -0.327. The quantitative estimate of drug-likeness (QED) is 0.649. The number of aromatic nitrogens is 4. The van der Waals surface area contributed by atoms with E-state index < -0.39 is 0 Å². The van der Waals surface area contributed by atoms with Crippen molar-refractivity contribution in [2.24, 2.45) is 0 Å². The zero-order valence-corrected chi connectivity index (χ0v) is 15.4. The van der Waals surface area contributed by atoms with Gasteiger partial charge in [-0.25, -0.2) is 4.39 Å². The number of fused-ring (bicyclic) bond motifs is 1. The summed E-state index contributed by atoms with van der Waals surface area (Å²) in [5.74, 6) is 0.560. The average Bonchev–Trinajstić information content (AvgIpc) is 3.12. The smallest absolute Gasteiger partial charge is 0.227 e. The summed E-state index contributed by atoms with van der Waals surface area (Å²) in [6, 6.07) is 8.46. The molecular formula is C17H16BrFN6O. The zero-order valence-electron chi connectivity index (χ0n) is 13.8. The van der Waals surface area contributed by atoms with Crippen LogP contribution in [-0.4, -0.2) is 56.8 Å². The molecule has 0 aliphatic carbocycles. The highest BCUT2D eigenvalue weighted by Gasteiger charge is 2.22. The number of amides is 1. The van der Waals surface area contributed by atoms with E-state index in [2.05, 4.69) is 36.1 Å². The molecule has 0 bridgehead atoms. The summed E-state index contributed by atoms with van der Waals surface area (Å²) < 4.78 is 15.3. The van der Waals surface area contributed by atoms with E-state index in [4.69, 9.17) is 0 Å². The van der Waals surface area contributed by atoms with Crippen molar-refractivity contribution in [3.63, 3.8) is 0 Å². The predicted molar refractivity (Wildman–Crippen MR) is 97.4 cm³/mol. The van der Waals surface area contributed by atoms with Crippen molar-refractivity contribution in [2.75, 3.05) is 31.1 Å². The number of piperazine rings is 1. The molecule has 1 aliphatic rings. The van der Waals surface area contributed by atoms with Crippen LogP contribution in [0.2, 0.25) is 0 Å². The lowest BCUT2D eigenvalue weighted by Crippen LogP contribution is -2.49. The van der Waals surface area contributed by atoms with E-state index in [0.717, 1.165) is 11.4 Å². The molecule has 9 heteroatoms. The summed E-state index contributed by atoms with van der Waals surface area (Å²) in [7, 11) is 0. The van der Waals surface area contributed by atoms with Gasteiger partial charge in [-0.15, -0.1) is 15.3 Å². The Bertz CT molecular complexity index is 953. The number of anilines is 1. The van der Waals surface area contributed by atoms with Crippen molar-refractivity contribution in [2.45, 2.75) is 6.42 Å². The Kier molecular flexibility index (Phi) is 4.54. The highest BCUT2D eigenvalue weighted by atomic mass is 79.9. The lowest BCUT2D eigenvalue weighted by Gasteiger charge is -2.35. The molecule has 3 heterocycles. The minimum Gasteiger partial charge on any atom is -0.352 e. The van der Waals surface area contributed by atoms with Gasteiger partial charge in [-0.3, -0.25) is 4.79 Å². The molecule has 0 saturated carbocycles. The molecule has 1 aliphatic heterocycles. The molecule has 2 aromatic heterocycles. The second kappa shape index (κ2) is 6.99. The minimum absolute atomic E-state index is 0.0466. The van der Waals surface area contributed by atoms with Crippen LogP contribution < -0.4 is 4.90 Å². The van der Waals surface area contributed by atoms with Gasteiger partial charge in [0.1, 0.15) is 18.0 Å². The van der Waals surface area contributed by atoms with Crippen molar-refractivity contribution < 1.29 is 9.18 Å². The van der Waals surface area contributed by atoms with Crippen LogP contribution >= 0.6 is 15.9 Å². The van der Waals surface area contributed by atoms with Gasteiger partial charge in [0, 0.05) is 26.2 Å². The first-order valence-electron chi connectivity index (χ1n) is 8.24. The summed E-state index contributed by atoms with van der Waals surface area (Å²) in [6.07, 6.45) is 1.84. The fourth-order valence-electron chi connectivity index (χ4n) is 3.01. The predicted octanol–water partition coefficient (Wildman–Crippen LogP) is 1.92. The molecule has 1 fully saturated rings. The van der Waals surface area contributed by atoms with E-state index in [1.165, 1.54) is 6.07 Å². The maximum Gasteiger partial charge on any atom is 0.227 e. The molecule has 26 heavy (non-hydrogen) atoms. The third-order valence-electron chi connectivity index (χ3n) is 4.44. The van der Waals surface area contributed by atoms with Crippen LogP contribution in [0.25, 0.3) is 5.65 Å². The van der Waals surface area contributed by atoms with Gasteiger partial charge in [0.15, 0.2) is 5.65 Å². The van der Waals surface area contributed by atoms with E-state index in [9.17, 15) is 9.18 Å². The highest BCUT2D eigenvalue weighted by molar-refractivity contribution is 9.10. The number of hydrogen-bond donors (Lipinski definition) is 0. The summed E-state index contributed by atoms with van der Waals surface area (Å²) >= 11 is 3.16. The number of benzene rings is 1. The first kappa shape index (κ1) is 16.9. The molecule has 4 rings (SSSR count). The van der Waals surface area contributed by atoms with Gasteiger partial charge in [0.2, 0.25) is 5.91 Å². The van der Waals surface area contributed by atoms with Gasteiger partial charge in [0.25, 0.3) is 0 Å². The van der Waals surface area contributed by atoms with E-state index >= 15 is 0 Å². The van der Waals surface area contributed by atoms with Crippen molar-refractivity contribution in [3.05, 3.63) is 52.5 Å². The van der Waals surface area contributed by atoms with E-state index in [1.54, 1.807) is 23.0 Å². The van der Waals surface area contributed by atoms with Crippen LogP contribution in [0.1, 0.15) is 5.56 Å². The largest absolute Gasteiger partial charge is 0.352 e. The second-order valence-electron chi connectivity index (χ2n) is 6.12. The van der Waals surface area contributed by atoms with Crippen molar-refractivity contribution in [3.8, 4) is 0 Å². The lowest BCUT2D eigenvalue weighted by atomic mass is 10.1. The summed E-state index contributed by atoms with van der Waals surface area (Å²) in [5.41, 5.74) is 1.50. The summed E-state index contributed by atoms with van der Waals surface area (Å²) in [5, 5.41) is 12.3. The second-order valence-corrected chi connectivity index (χ2v) is 6.97. The van der Waals surface area contributed by atoms with Gasteiger partial charge in [-0.05, 0) is 45.8 Å². The standard InChI is InChI=1S/C17H16BrFN6O/c18-13-9-12(1-2-14(13)19)10-17(26)24-7-5-23(6-8-24)16-4-3-15-21-20-11-25(15)22-16/h1-4,9,11H,5-8,10H2. The molecule has 1 amide bonds. The van der Waals surface area contributed by atoms with Crippen LogP contribution in [0.5, 0.6) is 0 Å². The van der Waals surface area contributed by atoms with Crippen LogP contribution in [0.4, 0.5) is 10.2 Å². The third-order valence-corrected chi connectivity index (χ3v) is 5.05. The molecule has 134 valence electrons. The SMILES string of the molecule is O=C(Cc1ccc(F)c(Br)c1)N1CCN(c2ccc3nncn3n2)CC1. The van der Waals surface area contributed by atoms with Crippen LogP contribution in [-0.2, 0) is 11.2 Å². The fraction of sp³-hybridized carbons (Fsp3) is 0.294. The molecule has 0 N–H and O–H groups in total. The number of carbonyl (C=O) groups is 1. The van der Waals surface area contributed by atoms with Gasteiger partial charge in [-0.2, -0.15) is 4.52 Å². The van der Waals surface area contributed by atoms with Gasteiger partial charge >= 0.3 is 0 Å². The van der Waals surface area contributed by atoms with Gasteiger partial charge < -0.3 is 9.80 Å². The molecule has 0 spiro atoms. The molecule has 1 saturated heterocycles. The first-order chi connectivity index (χ1) is 12.6. The summed E-state index contributed by atoms with van der Waals surface area (Å²) in [4.78, 5) is 16.5. The average molecular weight is 419 g/mol. The maximum absolute atomic E-state index is 13.3. The number of hydrogen-bond acceptors (Lipinski definition) is 5. The molecule has 0 unspecified atom stereocenters. The lowest BCUT2D eigenvalue weighted by molar-refractivity contribution is -0.130. The Labute approximate surface area is 157 Å². The molecule has 3 aromatic rings. The number of nitrogens with zero attached hydrogens (tertiary/aromatic N) is 6. The number of halogens is 2. The van der Waals surface area contributed by atoms with Crippen LogP contribution in [0.15, 0.2) is 41.1 Å². The molecule has 1 aromatic carbocycles. The zero-order chi connectivity index (χ0) is 18.1. The Morgan fingerprint density at radius 2 is 1.96 bits per heavy atom. The Morgan fingerprint density at radius 1 is 1.15 bits per heavy atom. The van der Waals surface area contributed by atoms with E-state index in [-0.39, 0.29) is 18.1 Å². The third kappa shape index (κ3) is 3.39. The first-order valence-corrected chi connectivity index (χ1v) is 9.03. The molecule has 7 nitrogen and oxygen atoms in total. The van der Waals surface area contributed by atoms with Crippen LogP contribution in [0.3, 0.4) is 0 Å². The topological polar surface area (TPSA) is 66.6 Å². The van der Waals surface area contributed by atoms with E-state index in [0.29, 0.717) is 36.3 Å². The van der Waals surface area contributed by atoms with Crippen LogP contribution in [0, 0.1) is 5.82 Å². The molecule has 0 radical (unpaired) electrons. The number of carbonyl (C=O) groups excluding carboxylic acids is 1. The van der Waals surface area contributed by atoms with Gasteiger partial charge in [0.05, 0.1) is 10.9 Å². The maximum atomic E-state index is 13.3. The fourth-order valence-corrected chi connectivity index (χ4v) is 3.43. The van der Waals surface area contributed by atoms with Gasteiger partial charge in [-0.1, -0.05) is 6.07 Å². The Morgan fingerprint density at radius 3 is 2.73 bits per heavy atom. The van der Waals surface area contributed by atoms with Crippen molar-refractivity contribution in [1.29, 1.82) is 0 Å². The monoisotopic (exact) mass is 418 g/mol. The van der Waals surface area contributed by atoms with Crippen molar-refractivity contribution >= 4 is 33.3 Å². The molecule has 0 atom stereocenters. The molecular weight excluding hydrogens is 403 g/mol. The normalized spacial score (nSPS) is 14.8. The number of rotatable bonds is 3. The Balaban J connectivity index is 1.37. The summed E-state index contributed by atoms with van der Waals surface area (Å²) in [6.45, 7) is 2.67. The van der Waals surface area contributed by atoms with Crippen molar-refractivity contribution in [1.82, 2.24) is 24.7 Å². The Hall–Kier alpha value is -2.55. The highest BCUT2D eigenvalue weighted by Crippen LogP contribution is 2.18. The van der Waals surface area contributed by atoms with E-state index in [1.807, 2.05) is 17.0 Å².